The van der Waals surface area contributed by atoms with Crippen molar-refractivity contribution in [3.8, 4) is 0 Å². The number of rotatable bonds is 61. The number of unbranched alkanes of at least 4 members (excludes halogenated alkanes) is 36. The number of carbonyl (C=O) groups is 3. The van der Waals surface area contributed by atoms with Crippen molar-refractivity contribution < 1.29 is 28.6 Å². The largest absolute Gasteiger partial charge is 0.462 e. The summed E-state index contributed by atoms with van der Waals surface area (Å²) in [6.07, 6.45) is 87.4. The highest BCUT2D eigenvalue weighted by Crippen LogP contribution is 2.17. The molecule has 0 bridgehead atoms. The summed E-state index contributed by atoms with van der Waals surface area (Å²) in [6.45, 7) is 6.45. The van der Waals surface area contributed by atoms with Crippen molar-refractivity contribution in [1.82, 2.24) is 0 Å². The summed E-state index contributed by atoms with van der Waals surface area (Å²) < 4.78 is 17.0. The maximum atomic E-state index is 12.9. The van der Waals surface area contributed by atoms with Gasteiger partial charge < -0.3 is 14.2 Å². The zero-order valence-corrected chi connectivity index (χ0v) is 51.7. The van der Waals surface area contributed by atoms with E-state index in [0.717, 1.165) is 122 Å². The molecule has 0 saturated heterocycles. The molecule has 0 aliphatic rings. The fourth-order valence-electron chi connectivity index (χ4n) is 9.69. The van der Waals surface area contributed by atoms with Crippen molar-refractivity contribution in [1.29, 1.82) is 0 Å². The van der Waals surface area contributed by atoms with Gasteiger partial charge in [-0.25, -0.2) is 0 Å². The molecule has 0 radical (unpaired) electrons. The van der Waals surface area contributed by atoms with Crippen LogP contribution in [0.5, 0.6) is 0 Å². The van der Waals surface area contributed by atoms with E-state index in [1.54, 1.807) is 0 Å². The van der Waals surface area contributed by atoms with E-state index >= 15 is 0 Å². The van der Waals surface area contributed by atoms with Crippen LogP contribution in [0.1, 0.15) is 335 Å². The Morgan fingerprint density at radius 2 is 0.500 bits per heavy atom. The Morgan fingerprint density at radius 1 is 0.269 bits per heavy atom. The summed E-state index contributed by atoms with van der Waals surface area (Å²) in [5.74, 6) is -0.878. The Labute approximate surface area is 484 Å². The van der Waals surface area contributed by atoms with Crippen LogP contribution in [0.15, 0.2) is 85.1 Å². The highest BCUT2D eigenvalue weighted by atomic mass is 16.6. The summed E-state index contributed by atoms with van der Waals surface area (Å²) in [6, 6.07) is 0. The van der Waals surface area contributed by atoms with E-state index in [-0.39, 0.29) is 31.1 Å². The normalized spacial score (nSPS) is 12.6. The van der Waals surface area contributed by atoms with Gasteiger partial charge in [0.2, 0.25) is 0 Å². The molecule has 1 unspecified atom stereocenters. The lowest BCUT2D eigenvalue weighted by atomic mass is 10.0. The first kappa shape index (κ1) is 74.6. The Hall–Kier alpha value is -3.41. The molecule has 1 atom stereocenters. The summed E-state index contributed by atoms with van der Waals surface area (Å²) in [7, 11) is 0. The third kappa shape index (κ3) is 63.4. The molecule has 0 rings (SSSR count). The van der Waals surface area contributed by atoms with E-state index < -0.39 is 6.10 Å². The number of esters is 3. The highest BCUT2D eigenvalue weighted by molar-refractivity contribution is 5.71. The van der Waals surface area contributed by atoms with E-state index in [4.69, 9.17) is 14.2 Å². The Balaban J connectivity index is 4.28. The number of hydrogen-bond acceptors (Lipinski definition) is 6. The van der Waals surface area contributed by atoms with Gasteiger partial charge in [0.05, 0.1) is 0 Å². The predicted molar refractivity (Wildman–Crippen MR) is 339 cm³/mol. The van der Waals surface area contributed by atoms with Crippen LogP contribution >= 0.6 is 0 Å². The fourth-order valence-corrected chi connectivity index (χ4v) is 9.69. The van der Waals surface area contributed by atoms with Gasteiger partial charge in [0.25, 0.3) is 0 Å². The average molecular weight is 1090 g/mol. The van der Waals surface area contributed by atoms with Crippen molar-refractivity contribution in [2.45, 2.75) is 341 Å². The third-order valence-corrected chi connectivity index (χ3v) is 14.6. The third-order valence-electron chi connectivity index (χ3n) is 14.6. The van der Waals surface area contributed by atoms with Gasteiger partial charge in [0.15, 0.2) is 6.10 Å². The second-order valence-electron chi connectivity index (χ2n) is 22.3. The van der Waals surface area contributed by atoms with Crippen LogP contribution in [0.2, 0.25) is 0 Å². The first-order chi connectivity index (χ1) is 38.5. The van der Waals surface area contributed by atoms with Crippen molar-refractivity contribution in [2.75, 3.05) is 13.2 Å². The Bertz CT molecular complexity index is 1480. The molecule has 0 aromatic heterocycles. The molecule has 450 valence electrons. The summed E-state index contributed by atoms with van der Waals surface area (Å²) in [4.78, 5) is 38.4. The molecule has 0 spiro atoms. The van der Waals surface area contributed by atoms with Crippen molar-refractivity contribution >= 4 is 17.9 Å². The van der Waals surface area contributed by atoms with Gasteiger partial charge in [0.1, 0.15) is 13.2 Å². The molecule has 0 aliphatic heterocycles. The van der Waals surface area contributed by atoms with Crippen molar-refractivity contribution in [2.24, 2.45) is 0 Å². The lowest BCUT2D eigenvalue weighted by molar-refractivity contribution is -0.167. The number of hydrogen-bond donors (Lipinski definition) is 0. The molecule has 0 amide bonds. The van der Waals surface area contributed by atoms with E-state index in [9.17, 15) is 14.4 Å². The molecule has 78 heavy (non-hydrogen) atoms. The topological polar surface area (TPSA) is 78.9 Å². The SMILES string of the molecule is CC/C=C\C/C=C\C/C=C\C/C=C\CCCCCCCCCCCCCCCCC(=O)OCC(COC(=O)CCCCCCC/C=C\C/C=C\C/C=C\CC)OC(=O)CCCCCCCCCCCCCCCCCCCC. The monoisotopic (exact) mass is 1090 g/mol. The quantitative estimate of drug-likeness (QED) is 0.0261. The molecule has 0 N–H and O–H groups in total. The first-order valence-corrected chi connectivity index (χ1v) is 33.6. The van der Waals surface area contributed by atoms with E-state index in [0.29, 0.717) is 19.3 Å². The van der Waals surface area contributed by atoms with Crippen LogP contribution in [0.4, 0.5) is 0 Å². The minimum atomic E-state index is -0.783. The molecule has 6 heteroatoms. The van der Waals surface area contributed by atoms with Crippen molar-refractivity contribution in [3.63, 3.8) is 0 Å². The molecule has 0 aliphatic carbocycles. The Morgan fingerprint density at radius 3 is 0.782 bits per heavy atom. The predicted octanol–water partition coefficient (Wildman–Crippen LogP) is 23.1. The van der Waals surface area contributed by atoms with Gasteiger partial charge in [-0.3, -0.25) is 14.4 Å². The van der Waals surface area contributed by atoms with Gasteiger partial charge in [-0.2, -0.15) is 0 Å². The smallest absolute Gasteiger partial charge is 0.306 e. The lowest BCUT2D eigenvalue weighted by Gasteiger charge is -2.18. The van der Waals surface area contributed by atoms with Gasteiger partial charge in [-0.1, -0.05) is 311 Å². The zero-order valence-electron chi connectivity index (χ0n) is 51.7. The lowest BCUT2D eigenvalue weighted by Crippen LogP contribution is -2.30. The molecule has 6 nitrogen and oxygen atoms in total. The van der Waals surface area contributed by atoms with Crippen LogP contribution in [0.3, 0.4) is 0 Å². The number of ether oxygens (including phenoxy) is 3. The molecule has 0 aromatic carbocycles. The van der Waals surface area contributed by atoms with Gasteiger partial charge in [-0.05, 0) is 89.9 Å². The van der Waals surface area contributed by atoms with Crippen molar-refractivity contribution in [3.05, 3.63) is 85.1 Å². The van der Waals surface area contributed by atoms with Crippen LogP contribution in [0.25, 0.3) is 0 Å². The maximum Gasteiger partial charge on any atom is 0.306 e. The second kappa shape index (κ2) is 66.1. The minimum Gasteiger partial charge on any atom is -0.462 e. The number of allylic oxidation sites excluding steroid dienone is 14. The van der Waals surface area contributed by atoms with Gasteiger partial charge >= 0.3 is 17.9 Å². The minimum absolute atomic E-state index is 0.0787. The molecular weight excluding hydrogens is 961 g/mol. The fraction of sp³-hybridized carbons (Fsp3) is 0.764. The highest BCUT2D eigenvalue weighted by Gasteiger charge is 2.19. The molecule has 0 heterocycles. The summed E-state index contributed by atoms with van der Waals surface area (Å²) in [5, 5.41) is 0. The Kier molecular flexibility index (Phi) is 63.2. The van der Waals surface area contributed by atoms with Crippen LogP contribution in [0, 0.1) is 0 Å². The zero-order chi connectivity index (χ0) is 56.4. The van der Waals surface area contributed by atoms with Crippen LogP contribution in [-0.4, -0.2) is 37.2 Å². The van der Waals surface area contributed by atoms with Gasteiger partial charge in [-0.15, -0.1) is 0 Å². The van der Waals surface area contributed by atoms with Crippen LogP contribution < -0.4 is 0 Å². The van der Waals surface area contributed by atoms with E-state index in [1.807, 2.05) is 0 Å². The van der Waals surface area contributed by atoms with Gasteiger partial charge in [0, 0.05) is 19.3 Å². The van der Waals surface area contributed by atoms with E-state index in [2.05, 4.69) is 106 Å². The van der Waals surface area contributed by atoms with Crippen LogP contribution in [-0.2, 0) is 28.6 Å². The molecule has 0 fully saturated rings. The molecular formula is C72H126O6. The first-order valence-electron chi connectivity index (χ1n) is 33.6. The maximum absolute atomic E-state index is 12.9. The summed E-state index contributed by atoms with van der Waals surface area (Å²) >= 11 is 0. The molecule has 0 saturated carbocycles. The van der Waals surface area contributed by atoms with E-state index in [1.165, 1.54) is 173 Å². The average Bonchev–Trinajstić information content (AvgIpc) is 3.44. The standard InChI is InChI=1S/C72H126O6/c1-4-7-10-13-16-19-22-25-28-30-32-33-34-35-36-37-38-39-40-42-44-47-50-53-56-59-62-65-71(74)77-68-69(67-76-70(73)64-61-58-55-52-49-46-43-27-24-21-18-15-12-9-6-3)78-72(75)66-63-60-57-54-51-48-45-41-31-29-26-23-20-17-14-11-8-5-2/h7,9-10,12,16,18-19,21,25,27-28,32-33,43,69H,4-6,8,11,13-15,17,20,22-24,26,29-31,34-42,44-68H2,1-3H3/b10-7-,12-9-,19-16-,21-18-,28-25-,33-32-,43-27-. The number of carbonyl (C=O) groups excluding carboxylic acids is 3. The molecule has 0 aromatic rings. The second-order valence-corrected chi connectivity index (χ2v) is 22.3. The summed E-state index contributed by atoms with van der Waals surface area (Å²) in [5.41, 5.74) is 0.